The number of methoxy groups -OCH3 is 1. The van der Waals surface area contributed by atoms with Crippen molar-refractivity contribution >= 4 is 35.3 Å². The fourth-order valence-electron chi connectivity index (χ4n) is 3.93. The number of halogens is 1. The van der Waals surface area contributed by atoms with Crippen LogP contribution in [0, 0.1) is 6.92 Å². The minimum absolute atomic E-state index is 0.220. The Bertz CT molecular complexity index is 1580. The first-order valence-electron chi connectivity index (χ1n) is 13.5. The second-order valence-corrected chi connectivity index (χ2v) is 9.71. The van der Waals surface area contributed by atoms with Gasteiger partial charge in [0, 0.05) is 11.3 Å². The molecule has 2 amide bonds. The smallest absolute Gasteiger partial charge is 0.271 e. The first kappa shape index (κ1) is 30.9. The molecule has 222 valence electrons. The third-order valence-corrected chi connectivity index (χ3v) is 6.34. The van der Waals surface area contributed by atoms with Crippen LogP contribution in [0.5, 0.6) is 23.0 Å². The molecule has 0 saturated heterocycles. The topological polar surface area (TPSA) is 107 Å². The number of nitrogens with zero attached hydrogens (tertiary/aromatic N) is 1. The van der Waals surface area contributed by atoms with Crippen LogP contribution >= 0.6 is 11.6 Å². The molecule has 0 heterocycles. The van der Waals surface area contributed by atoms with Crippen molar-refractivity contribution in [1.82, 2.24) is 5.43 Å². The fraction of sp³-hybridized carbons (Fsp3) is 0.182. The molecule has 4 rings (SSSR count). The summed E-state index contributed by atoms with van der Waals surface area (Å²) in [6.07, 6.45) is 1.43. The lowest BCUT2D eigenvalue weighted by Gasteiger charge is -2.14. The summed E-state index contributed by atoms with van der Waals surface area (Å²) in [5, 5.41) is 7.05. The van der Waals surface area contributed by atoms with E-state index in [1.54, 1.807) is 30.3 Å². The lowest BCUT2D eigenvalue weighted by Crippen LogP contribution is -2.20. The summed E-state index contributed by atoms with van der Waals surface area (Å²) in [7, 11) is 1.51. The summed E-state index contributed by atoms with van der Waals surface area (Å²) in [5.41, 5.74) is 6.14. The number of hydrogen-bond donors (Lipinski definition) is 2. The molecule has 0 unspecified atom stereocenters. The van der Waals surface area contributed by atoms with Crippen LogP contribution in [0.15, 0.2) is 90.0 Å². The van der Waals surface area contributed by atoms with E-state index in [1.165, 1.54) is 13.3 Å². The number of hydrogen-bond acceptors (Lipinski definition) is 7. The third kappa shape index (κ3) is 8.98. The van der Waals surface area contributed by atoms with Gasteiger partial charge in [0.25, 0.3) is 11.8 Å². The number of carbonyl (C=O) groups excluding carboxylic acids is 2. The van der Waals surface area contributed by atoms with Gasteiger partial charge in [-0.05, 0) is 67.4 Å². The van der Waals surface area contributed by atoms with E-state index in [0.717, 1.165) is 11.1 Å². The maximum absolute atomic E-state index is 12.8. The monoisotopic (exact) mass is 601 g/mol. The lowest BCUT2D eigenvalue weighted by molar-refractivity contribution is -0.118. The van der Waals surface area contributed by atoms with Gasteiger partial charge in [0.05, 0.1) is 25.0 Å². The van der Waals surface area contributed by atoms with Crippen LogP contribution < -0.4 is 29.7 Å². The number of nitrogens with one attached hydrogen (secondary N) is 2. The minimum Gasteiger partial charge on any atom is -0.493 e. The van der Waals surface area contributed by atoms with Crippen molar-refractivity contribution in [2.24, 2.45) is 5.10 Å². The summed E-state index contributed by atoms with van der Waals surface area (Å²) in [6, 6.07) is 25.3. The van der Waals surface area contributed by atoms with Gasteiger partial charge in [0.1, 0.15) is 6.61 Å². The van der Waals surface area contributed by atoms with Gasteiger partial charge in [-0.15, -0.1) is 0 Å². The normalized spacial score (nSPS) is 10.7. The van der Waals surface area contributed by atoms with Crippen molar-refractivity contribution in [3.63, 3.8) is 0 Å². The van der Waals surface area contributed by atoms with Gasteiger partial charge in [0.15, 0.2) is 29.6 Å². The van der Waals surface area contributed by atoms with Crippen LogP contribution in [0.3, 0.4) is 0 Å². The van der Waals surface area contributed by atoms with E-state index < -0.39 is 5.91 Å². The predicted molar refractivity (Wildman–Crippen MR) is 167 cm³/mol. The molecule has 2 N–H and O–H groups in total. The molecule has 0 radical (unpaired) electrons. The molecule has 9 nitrogen and oxygen atoms in total. The van der Waals surface area contributed by atoms with Gasteiger partial charge in [-0.25, -0.2) is 5.43 Å². The number of rotatable bonds is 13. The van der Waals surface area contributed by atoms with Crippen LogP contribution in [0.4, 0.5) is 5.69 Å². The van der Waals surface area contributed by atoms with Crippen molar-refractivity contribution in [3.8, 4) is 23.0 Å². The van der Waals surface area contributed by atoms with E-state index in [-0.39, 0.29) is 23.3 Å². The Morgan fingerprint density at radius 1 is 0.884 bits per heavy atom. The minimum atomic E-state index is -0.445. The van der Waals surface area contributed by atoms with Gasteiger partial charge in [-0.3, -0.25) is 9.59 Å². The van der Waals surface area contributed by atoms with E-state index in [2.05, 4.69) is 15.8 Å². The highest BCUT2D eigenvalue weighted by Gasteiger charge is 2.15. The zero-order valence-corrected chi connectivity index (χ0v) is 24.8. The molecule has 4 aromatic carbocycles. The third-order valence-electron chi connectivity index (χ3n) is 6.06. The van der Waals surface area contributed by atoms with Crippen molar-refractivity contribution in [2.45, 2.75) is 20.5 Å². The van der Waals surface area contributed by atoms with Crippen molar-refractivity contribution in [2.75, 3.05) is 25.6 Å². The number of ether oxygens (including phenoxy) is 4. The molecule has 43 heavy (non-hydrogen) atoms. The molecule has 0 bridgehead atoms. The Labute approximate surface area is 255 Å². The summed E-state index contributed by atoms with van der Waals surface area (Å²) in [6.45, 7) is 4.22. The Hall–Kier alpha value is -5.02. The highest BCUT2D eigenvalue weighted by molar-refractivity contribution is 6.32. The van der Waals surface area contributed by atoms with E-state index in [0.29, 0.717) is 47.3 Å². The van der Waals surface area contributed by atoms with Gasteiger partial charge in [-0.1, -0.05) is 59.6 Å². The first-order valence-corrected chi connectivity index (χ1v) is 13.9. The largest absolute Gasteiger partial charge is 0.493 e. The molecule has 0 aliphatic carbocycles. The lowest BCUT2D eigenvalue weighted by atomic mass is 10.2. The average Bonchev–Trinajstić information content (AvgIpc) is 3.01. The second-order valence-electron chi connectivity index (χ2n) is 9.30. The second kappa shape index (κ2) is 15.3. The number of hydrazone groups is 1. The molecule has 0 fully saturated rings. The quantitative estimate of drug-likeness (QED) is 0.135. The van der Waals surface area contributed by atoms with Crippen molar-refractivity contribution < 1.29 is 28.5 Å². The average molecular weight is 602 g/mol. The maximum Gasteiger partial charge on any atom is 0.271 e. The van der Waals surface area contributed by atoms with E-state index >= 15 is 0 Å². The number of aryl methyl sites for hydroxylation is 1. The van der Waals surface area contributed by atoms with Crippen molar-refractivity contribution in [3.05, 3.63) is 112 Å². The molecular weight excluding hydrogens is 570 g/mol. The summed E-state index contributed by atoms with van der Waals surface area (Å²) in [5.74, 6) is 0.707. The van der Waals surface area contributed by atoms with Gasteiger partial charge >= 0.3 is 0 Å². The van der Waals surface area contributed by atoms with Crippen molar-refractivity contribution in [1.29, 1.82) is 0 Å². The molecule has 0 aromatic heterocycles. The van der Waals surface area contributed by atoms with Crippen LogP contribution in [-0.4, -0.2) is 38.4 Å². The molecular formula is C33H32ClN3O6. The van der Waals surface area contributed by atoms with E-state index in [1.807, 2.05) is 68.4 Å². The first-order chi connectivity index (χ1) is 20.9. The zero-order valence-electron chi connectivity index (χ0n) is 24.1. The zero-order chi connectivity index (χ0) is 30.6. The Morgan fingerprint density at radius 2 is 1.65 bits per heavy atom. The summed E-state index contributed by atoms with van der Waals surface area (Å²) in [4.78, 5) is 25.1. The van der Waals surface area contributed by atoms with E-state index in [4.69, 9.17) is 30.5 Å². The van der Waals surface area contributed by atoms with Crippen LogP contribution in [-0.2, 0) is 11.4 Å². The van der Waals surface area contributed by atoms with E-state index in [9.17, 15) is 9.59 Å². The Balaban J connectivity index is 1.37. The van der Waals surface area contributed by atoms with Gasteiger partial charge < -0.3 is 24.3 Å². The van der Waals surface area contributed by atoms with Crippen LogP contribution in [0.1, 0.15) is 34.0 Å². The highest BCUT2D eigenvalue weighted by atomic mass is 35.5. The number of anilines is 1. The van der Waals surface area contributed by atoms with Crippen LogP contribution in [0.2, 0.25) is 5.02 Å². The van der Waals surface area contributed by atoms with Gasteiger partial charge in [-0.2, -0.15) is 5.10 Å². The SMILES string of the molecule is CCOc1cc(/C=N/NC(=O)c2ccc(OCc3ccccc3)c(OC)c2)cc(Cl)c1OCC(=O)Nc1ccc(C)cc1. The molecule has 0 spiro atoms. The Kier molecular flexibility index (Phi) is 11.0. The predicted octanol–water partition coefficient (Wildman–Crippen LogP) is 6.42. The molecule has 4 aromatic rings. The number of carbonyl (C=O) groups is 2. The standard InChI is InChI=1S/C33H32ClN3O6/c1-4-41-30-17-24(16-27(34)32(30)43-21-31(38)36-26-13-10-22(2)11-14-26)19-35-37-33(39)25-12-15-28(29(18-25)40-3)42-20-23-8-6-5-7-9-23/h5-19H,4,20-21H2,1-3H3,(H,36,38)(H,37,39)/b35-19+. The number of benzene rings is 4. The molecule has 0 atom stereocenters. The fourth-order valence-corrected chi connectivity index (χ4v) is 4.20. The van der Waals surface area contributed by atoms with Crippen LogP contribution in [0.25, 0.3) is 0 Å². The highest BCUT2D eigenvalue weighted by Crippen LogP contribution is 2.36. The molecule has 0 saturated carbocycles. The molecule has 0 aliphatic rings. The van der Waals surface area contributed by atoms with Gasteiger partial charge in [0.2, 0.25) is 0 Å². The number of amides is 2. The summed E-state index contributed by atoms with van der Waals surface area (Å²) < 4.78 is 22.7. The maximum atomic E-state index is 12.8. The molecule has 10 heteroatoms. The summed E-state index contributed by atoms with van der Waals surface area (Å²) >= 11 is 6.47. The molecule has 0 aliphatic heterocycles. The Morgan fingerprint density at radius 3 is 2.37 bits per heavy atom.